The van der Waals surface area contributed by atoms with Crippen LogP contribution in [-0.4, -0.2) is 50.9 Å². The zero-order valence-electron chi connectivity index (χ0n) is 16.1. The van der Waals surface area contributed by atoms with Crippen molar-refractivity contribution in [1.82, 2.24) is 5.32 Å². The number of nitrogens with one attached hydrogen (secondary N) is 1. The Morgan fingerprint density at radius 3 is 2.21 bits per heavy atom. The monoisotopic (exact) mass is 394 g/mol. The molecule has 5 atom stereocenters. The minimum atomic E-state index is -1.66. The maximum Gasteiger partial charge on any atom is 0.311 e. The van der Waals surface area contributed by atoms with Gasteiger partial charge >= 0.3 is 11.9 Å². The van der Waals surface area contributed by atoms with Crippen molar-refractivity contribution in [3.63, 3.8) is 0 Å². The third-order valence-corrected chi connectivity index (χ3v) is 6.40. The summed E-state index contributed by atoms with van der Waals surface area (Å²) in [6.45, 7) is 4.53. The molecule has 28 heavy (non-hydrogen) atoms. The minimum Gasteiger partial charge on any atom is -0.481 e. The van der Waals surface area contributed by atoms with E-state index in [9.17, 15) is 35.0 Å². The van der Waals surface area contributed by atoms with Gasteiger partial charge in [-0.3, -0.25) is 19.7 Å². The maximum absolute atomic E-state index is 12.5. The number of non-ortho nitro benzene ring substituents is 1. The van der Waals surface area contributed by atoms with E-state index in [1.165, 1.54) is 24.3 Å². The fourth-order valence-electron chi connectivity index (χ4n) is 4.98. The number of aliphatic carboxylic acids is 2. The van der Waals surface area contributed by atoms with Crippen LogP contribution in [0.1, 0.15) is 45.1 Å². The molecule has 1 saturated heterocycles. The number of nitro groups is 1. The van der Waals surface area contributed by atoms with Gasteiger partial charge in [0.2, 0.25) is 0 Å². The summed E-state index contributed by atoms with van der Waals surface area (Å²) in [6.07, 6.45) is -0.0807. The summed E-state index contributed by atoms with van der Waals surface area (Å²) in [5.41, 5.74) is -3.16. The first kappa shape index (κ1) is 21.8. The van der Waals surface area contributed by atoms with E-state index in [0.29, 0.717) is 0 Å². The Hall–Kier alpha value is -2.52. The Bertz CT molecular complexity index is 783. The second-order valence-corrected chi connectivity index (χ2v) is 7.41. The van der Waals surface area contributed by atoms with E-state index in [2.05, 4.69) is 5.32 Å². The SMILES string of the molecule is CCC1(C(=O)O)C(C)NC(C)C(CCO)(C(=O)O)C1c1cccc([N+](=O)[O-])c1. The molecule has 0 aliphatic carbocycles. The van der Waals surface area contributed by atoms with E-state index < -0.39 is 52.3 Å². The summed E-state index contributed by atoms with van der Waals surface area (Å²) < 4.78 is 0. The Morgan fingerprint density at radius 2 is 1.75 bits per heavy atom. The van der Waals surface area contributed by atoms with Gasteiger partial charge in [0.25, 0.3) is 5.69 Å². The number of rotatable bonds is 7. The lowest BCUT2D eigenvalue weighted by molar-refractivity contribution is -0.385. The van der Waals surface area contributed by atoms with Gasteiger partial charge in [-0.25, -0.2) is 0 Å². The first-order chi connectivity index (χ1) is 13.1. The highest BCUT2D eigenvalue weighted by Gasteiger charge is 2.66. The van der Waals surface area contributed by atoms with Gasteiger partial charge in [0, 0.05) is 36.7 Å². The average Bonchev–Trinajstić information content (AvgIpc) is 2.63. The van der Waals surface area contributed by atoms with Gasteiger partial charge in [0.15, 0.2) is 0 Å². The van der Waals surface area contributed by atoms with Crippen LogP contribution in [0, 0.1) is 20.9 Å². The van der Waals surface area contributed by atoms with Crippen LogP contribution >= 0.6 is 0 Å². The zero-order chi connectivity index (χ0) is 21.3. The Morgan fingerprint density at radius 1 is 1.18 bits per heavy atom. The fraction of sp³-hybridized carbons (Fsp3) is 0.579. The fourth-order valence-corrected chi connectivity index (χ4v) is 4.98. The molecule has 0 bridgehead atoms. The summed E-state index contributed by atoms with van der Waals surface area (Å²) in [4.78, 5) is 35.7. The summed E-state index contributed by atoms with van der Waals surface area (Å²) in [7, 11) is 0. The molecule has 4 N–H and O–H groups in total. The van der Waals surface area contributed by atoms with Crippen LogP contribution in [-0.2, 0) is 9.59 Å². The van der Waals surface area contributed by atoms with Crippen molar-refractivity contribution in [2.45, 2.75) is 51.6 Å². The van der Waals surface area contributed by atoms with Crippen LogP contribution in [0.4, 0.5) is 5.69 Å². The lowest BCUT2D eigenvalue weighted by atomic mass is 9.50. The number of aliphatic hydroxyl groups is 1. The van der Waals surface area contributed by atoms with Crippen molar-refractivity contribution in [2.24, 2.45) is 10.8 Å². The van der Waals surface area contributed by atoms with E-state index in [1.807, 2.05) is 0 Å². The number of nitrogens with zero attached hydrogens (tertiary/aromatic N) is 1. The maximum atomic E-state index is 12.5. The first-order valence-corrected chi connectivity index (χ1v) is 9.17. The quantitative estimate of drug-likeness (QED) is 0.405. The molecule has 0 saturated carbocycles. The number of carboxylic acids is 2. The number of carboxylic acid groups (broad SMARTS) is 2. The molecule has 9 heteroatoms. The zero-order valence-corrected chi connectivity index (χ0v) is 16.1. The molecule has 2 rings (SSSR count). The third-order valence-electron chi connectivity index (χ3n) is 6.40. The van der Waals surface area contributed by atoms with Crippen molar-refractivity contribution in [2.75, 3.05) is 6.61 Å². The average molecular weight is 394 g/mol. The summed E-state index contributed by atoms with van der Waals surface area (Å²) >= 11 is 0. The minimum absolute atomic E-state index is 0.108. The van der Waals surface area contributed by atoms with Crippen LogP contribution < -0.4 is 5.32 Å². The Kier molecular flexibility index (Phi) is 6.10. The molecule has 1 aliphatic rings. The van der Waals surface area contributed by atoms with Crippen LogP contribution in [0.3, 0.4) is 0 Å². The lowest BCUT2D eigenvalue weighted by Crippen LogP contribution is -2.69. The number of piperidine rings is 1. The van der Waals surface area contributed by atoms with Crippen molar-refractivity contribution in [1.29, 1.82) is 0 Å². The molecule has 1 aromatic rings. The predicted octanol–water partition coefficient (Wildman–Crippen LogP) is 1.99. The molecule has 9 nitrogen and oxygen atoms in total. The molecule has 0 aromatic heterocycles. The van der Waals surface area contributed by atoms with Crippen molar-refractivity contribution < 1.29 is 29.8 Å². The molecular weight excluding hydrogens is 368 g/mol. The highest BCUT2D eigenvalue weighted by atomic mass is 16.6. The topological polar surface area (TPSA) is 150 Å². The molecule has 1 aliphatic heterocycles. The molecule has 0 radical (unpaired) electrons. The number of benzene rings is 1. The summed E-state index contributed by atoms with van der Waals surface area (Å²) in [5, 5.41) is 44.4. The standard InChI is InChI=1S/C19H26N2O7/c1-4-18(16(23)24)11(2)20-12(3)19(8-9-22,17(25)26)15(18)13-6-5-7-14(10-13)21(27)28/h5-7,10-12,15,20,22H,4,8-9H2,1-3H3,(H,23,24)(H,25,26). The van der Waals surface area contributed by atoms with Crippen LogP contribution in [0.25, 0.3) is 0 Å². The molecule has 5 unspecified atom stereocenters. The number of nitro benzene ring substituents is 1. The number of hydrogen-bond donors (Lipinski definition) is 4. The molecule has 0 spiro atoms. The van der Waals surface area contributed by atoms with Crippen molar-refractivity contribution in [3.05, 3.63) is 39.9 Å². The van der Waals surface area contributed by atoms with Gasteiger partial charge in [0.1, 0.15) is 0 Å². The predicted molar refractivity (Wildman–Crippen MR) is 100 cm³/mol. The molecule has 0 amide bonds. The van der Waals surface area contributed by atoms with E-state index in [0.717, 1.165) is 0 Å². The summed E-state index contributed by atoms with van der Waals surface area (Å²) in [6, 6.07) is 4.22. The van der Waals surface area contributed by atoms with Gasteiger partial charge < -0.3 is 20.6 Å². The summed E-state index contributed by atoms with van der Waals surface area (Å²) in [5.74, 6) is -3.51. The highest BCUT2D eigenvalue weighted by Crippen LogP contribution is 2.58. The second kappa shape index (κ2) is 7.84. The normalized spacial score (nSPS) is 32.6. The van der Waals surface area contributed by atoms with Gasteiger partial charge in [-0.15, -0.1) is 0 Å². The molecule has 154 valence electrons. The molecule has 1 heterocycles. The van der Waals surface area contributed by atoms with Gasteiger partial charge in [-0.05, 0) is 32.3 Å². The molecular formula is C19H26N2O7. The van der Waals surface area contributed by atoms with E-state index >= 15 is 0 Å². The second-order valence-electron chi connectivity index (χ2n) is 7.41. The van der Waals surface area contributed by atoms with Gasteiger partial charge in [-0.2, -0.15) is 0 Å². The smallest absolute Gasteiger partial charge is 0.311 e. The Labute approximate surface area is 162 Å². The third kappa shape index (κ3) is 3.04. The van der Waals surface area contributed by atoms with Crippen molar-refractivity contribution >= 4 is 17.6 Å². The van der Waals surface area contributed by atoms with E-state index in [4.69, 9.17) is 0 Å². The molecule has 1 fully saturated rings. The number of carbonyl (C=O) groups is 2. The Balaban J connectivity index is 2.91. The number of hydrogen-bond acceptors (Lipinski definition) is 6. The highest BCUT2D eigenvalue weighted by molar-refractivity contribution is 5.84. The van der Waals surface area contributed by atoms with Crippen LogP contribution in [0.5, 0.6) is 0 Å². The van der Waals surface area contributed by atoms with Crippen molar-refractivity contribution in [3.8, 4) is 0 Å². The van der Waals surface area contributed by atoms with Gasteiger partial charge in [-0.1, -0.05) is 19.1 Å². The molecule has 1 aromatic carbocycles. The van der Waals surface area contributed by atoms with Crippen LogP contribution in [0.2, 0.25) is 0 Å². The van der Waals surface area contributed by atoms with Gasteiger partial charge in [0.05, 0.1) is 15.8 Å². The van der Waals surface area contributed by atoms with Crippen LogP contribution in [0.15, 0.2) is 24.3 Å². The number of aliphatic hydroxyl groups excluding tert-OH is 1. The van der Waals surface area contributed by atoms with E-state index in [1.54, 1.807) is 20.8 Å². The first-order valence-electron chi connectivity index (χ1n) is 9.17. The van der Waals surface area contributed by atoms with E-state index in [-0.39, 0.29) is 24.1 Å². The largest absolute Gasteiger partial charge is 0.481 e. The lowest BCUT2D eigenvalue weighted by Gasteiger charge is -2.57.